The molecule has 1 heterocycles. The number of carbonyl (C=O) groups excluding carboxylic acids is 2. The van der Waals surface area contributed by atoms with Crippen molar-refractivity contribution in [2.24, 2.45) is 0 Å². The monoisotopic (exact) mass is 283 g/mol. The van der Waals surface area contributed by atoms with Gasteiger partial charge in [0.2, 0.25) is 0 Å². The van der Waals surface area contributed by atoms with Gasteiger partial charge in [0.1, 0.15) is 5.03 Å². The predicted molar refractivity (Wildman–Crippen MR) is 64.3 cm³/mol. The minimum absolute atomic E-state index is 0.250. The lowest BCUT2D eigenvalue weighted by Crippen LogP contribution is -1.85. The first-order chi connectivity index (χ1) is 8.67. The van der Waals surface area contributed by atoms with E-state index in [1.165, 1.54) is 11.8 Å². The molecule has 1 aromatic carbocycles. The van der Waals surface area contributed by atoms with E-state index in [1.54, 1.807) is 12.5 Å². The van der Waals surface area contributed by atoms with Crippen LogP contribution < -0.4 is 0 Å². The third-order valence-electron chi connectivity index (χ3n) is 1.77. The molecule has 1 aromatic heterocycles. The molecule has 0 bridgehead atoms. The summed E-state index contributed by atoms with van der Waals surface area (Å²) in [6.07, 6.45) is 3.58. The Kier molecular flexibility index (Phi) is 5.99. The van der Waals surface area contributed by atoms with Crippen LogP contribution in [0.3, 0.4) is 0 Å². The number of aromatic amines is 1. The number of aromatic nitrogens is 3. The van der Waals surface area contributed by atoms with E-state index in [4.69, 9.17) is 9.59 Å². The molecule has 0 saturated heterocycles. The lowest BCUT2D eigenvalue weighted by atomic mass is 10.4. The maximum atomic E-state index is 11.2. The normalized spacial score (nSPS) is 10.9. The van der Waals surface area contributed by atoms with Gasteiger partial charge in [-0.3, -0.25) is 4.21 Å². The molecule has 1 atom stereocenters. The van der Waals surface area contributed by atoms with Gasteiger partial charge in [-0.05, 0) is 24.3 Å². The molecule has 94 valence electrons. The van der Waals surface area contributed by atoms with Crippen molar-refractivity contribution < 1.29 is 13.8 Å². The molecular formula is C10H9N3O3S2. The lowest BCUT2D eigenvalue weighted by molar-refractivity contribution is -0.191. The van der Waals surface area contributed by atoms with Crippen LogP contribution in [0.2, 0.25) is 0 Å². The molecule has 0 radical (unpaired) electrons. The SMILES string of the molecule is CS(=O)c1ccc(Sc2cn[nH]n2)cc1.O=C=O. The summed E-state index contributed by atoms with van der Waals surface area (Å²) in [4.78, 5) is 18.1. The summed E-state index contributed by atoms with van der Waals surface area (Å²) in [6.45, 7) is 0. The standard InChI is InChI=1S/C9H9N3OS2.CO2/c1-15(13)8-4-2-7(3-5-8)14-9-6-10-12-11-9;2-1-3/h2-6H,1H3,(H,10,11,12);. The highest BCUT2D eigenvalue weighted by molar-refractivity contribution is 7.99. The second-order valence-corrected chi connectivity index (χ2v) is 5.39. The fraction of sp³-hybridized carbons (Fsp3) is 0.100. The van der Waals surface area contributed by atoms with E-state index in [-0.39, 0.29) is 6.15 Å². The molecule has 2 aromatic rings. The summed E-state index contributed by atoms with van der Waals surface area (Å²) in [7, 11) is -0.919. The Labute approximate surface area is 110 Å². The number of hydrogen-bond donors (Lipinski definition) is 1. The second-order valence-electron chi connectivity index (χ2n) is 2.92. The van der Waals surface area contributed by atoms with Crippen LogP contribution in [-0.2, 0) is 20.4 Å². The van der Waals surface area contributed by atoms with Crippen LogP contribution in [-0.4, -0.2) is 32.0 Å². The highest BCUT2D eigenvalue weighted by Gasteiger charge is 2.01. The second kappa shape index (κ2) is 7.54. The molecular weight excluding hydrogens is 274 g/mol. The van der Waals surface area contributed by atoms with Gasteiger partial charge >= 0.3 is 6.15 Å². The summed E-state index contributed by atoms with van der Waals surface area (Å²) in [6, 6.07) is 7.57. The van der Waals surface area contributed by atoms with E-state index in [0.717, 1.165) is 14.8 Å². The zero-order valence-electron chi connectivity index (χ0n) is 9.32. The van der Waals surface area contributed by atoms with Crippen molar-refractivity contribution in [3.8, 4) is 0 Å². The van der Waals surface area contributed by atoms with E-state index in [2.05, 4.69) is 15.4 Å². The van der Waals surface area contributed by atoms with Crippen LogP contribution in [0.1, 0.15) is 0 Å². The molecule has 0 amide bonds. The third kappa shape index (κ3) is 4.62. The predicted octanol–water partition coefficient (Wildman–Crippen LogP) is 1.11. The van der Waals surface area contributed by atoms with Crippen molar-refractivity contribution in [1.29, 1.82) is 0 Å². The van der Waals surface area contributed by atoms with Gasteiger partial charge < -0.3 is 0 Å². The van der Waals surface area contributed by atoms with E-state index < -0.39 is 10.8 Å². The zero-order valence-corrected chi connectivity index (χ0v) is 11.0. The molecule has 2 rings (SSSR count). The first-order valence-electron chi connectivity index (χ1n) is 4.63. The molecule has 0 saturated carbocycles. The molecule has 0 spiro atoms. The van der Waals surface area contributed by atoms with E-state index in [1.807, 2.05) is 24.3 Å². The summed E-state index contributed by atoms with van der Waals surface area (Å²) < 4.78 is 11.2. The van der Waals surface area contributed by atoms with Gasteiger partial charge in [0.15, 0.2) is 0 Å². The first kappa shape index (κ1) is 14.3. The fourth-order valence-corrected chi connectivity index (χ4v) is 2.29. The van der Waals surface area contributed by atoms with Crippen LogP contribution in [0.25, 0.3) is 0 Å². The number of H-pyrrole nitrogens is 1. The largest absolute Gasteiger partial charge is 0.373 e. The van der Waals surface area contributed by atoms with E-state index in [0.29, 0.717) is 0 Å². The van der Waals surface area contributed by atoms with Crippen LogP contribution in [0, 0.1) is 0 Å². The molecule has 1 unspecified atom stereocenters. The zero-order chi connectivity index (χ0) is 13.4. The minimum atomic E-state index is -0.919. The van der Waals surface area contributed by atoms with Crippen molar-refractivity contribution in [2.45, 2.75) is 14.8 Å². The quantitative estimate of drug-likeness (QED) is 0.907. The molecule has 6 nitrogen and oxygen atoms in total. The summed E-state index contributed by atoms with van der Waals surface area (Å²) in [5.74, 6) is 0. The van der Waals surface area contributed by atoms with Gasteiger partial charge in [0, 0.05) is 26.8 Å². The maximum Gasteiger partial charge on any atom is 0.373 e. The van der Waals surface area contributed by atoms with Gasteiger partial charge in [-0.25, -0.2) is 0 Å². The van der Waals surface area contributed by atoms with Gasteiger partial charge in [-0.2, -0.15) is 19.9 Å². The number of benzene rings is 1. The molecule has 0 aliphatic heterocycles. The van der Waals surface area contributed by atoms with Gasteiger partial charge in [-0.1, -0.05) is 11.8 Å². The van der Waals surface area contributed by atoms with Crippen molar-refractivity contribution in [3.63, 3.8) is 0 Å². The van der Waals surface area contributed by atoms with Crippen molar-refractivity contribution in [3.05, 3.63) is 30.5 Å². The Morgan fingerprint density at radius 1 is 1.28 bits per heavy atom. The number of nitrogens with one attached hydrogen (secondary N) is 1. The topological polar surface area (TPSA) is 92.8 Å². The number of nitrogens with zero attached hydrogens (tertiary/aromatic N) is 2. The van der Waals surface area contributed by atoms with Crippen molar-refractivity contribution in [1.82, 2.24) is 15.4 Å². The molecule has 0 fully saturated rings. The molecule has 1 N–H and O–H groups in total. The third-order valence-corrected chi connectivity index (χ3v) is 3.62. The first-order valence-corrected chi connectivity index (χ1v) is 7.01. The van der Waals surface area contributed by atoms with Crippen molar-refractivity contribution in [2.75, 3.05) is 6.26 Å². The van der Waals surface area contributed by atoms with Crippen molar-refractivity contribution >= 4 is 28.7 Å². The van der Waals surface area contributed by atoms with Crippen LogP contribution in [0.5, 0.6) is 0 Å². The van der Waals surface area contributed by atoms with Gasteiger partial charge in [-0.15, -0.1) is 5.10 Å². The summed E-state index contributed by atoms with van der Waals surface area (Å²) >= 11 is 1.51. The smallest absolute Gasteiger partial charge is 0.255 e. The van der Waals surface area contributed by atoms with Gasteiger partial charge in [0.05, 0.1) is 6.20 Å². The molecule has 18 heavy (non-hydrogen) atoms. The Morgan fingerprint density at radius 2 is 1.89 bits per heavy atom. The Balaban J connectivity index is 0.000000492. The number of hydrogen-bond acceptors (Lipinski definition) is 6. The van der Waals surface area contributed by atoms with E-state index >= 15 is 0 Å². The molecule has 0 aliphatic rings. The number of rotatable bonds is 3. The maximum absolute atomic E-state index is 11.2. The van der Waals surface area contributed by atoms with Crippen LogP contribution in [0.4, 0.5) is 0 Å². The average molecular weight is 283 g/mol. The highest BCUT2D eigenvalue weighted by atomic mass is 32.2. The fourth-order valence-electron chi connectivity index (χ4n) is 1.06. The molecule has 0 aliphatic carbocycles. The Bertz CT molecular complexity index is 534. The Hall–Kier alpha value is -1.76. The Morgan fingerprint density at radius 3 is 2.33 bits per heavy atom. The highest BCUT2D eigenvalue weighted by Crippen LogP contribution is 2.25. The lowest BCUT2D eigenvalue weighted by Gasteiger charge is -1.99. The van der Waals surface area contributed by atoms with Crippen LogP contribution in [0.15, 0.2) is 45.3 Å². The van der Waals surface area contributed by atoms with Crippen LogP contribution >= 0.6 is 11.8 Å². The summed E-state index contributed by atoms with van der Waals surface area (Å²) in [5, 5.41) is 11.0. The van der Waals surface area contributed by atoms with Gasteiger partial charge in [0.25, 0.3) is 0 Å². The minimum Gasteiger partial charge on any atom is -0.255 e. The average Bonchev–Trinajstić information content (AvgIpc) is 2.83. The van der Waals surface area contributed by atoms with E-state index in [9.17, 15) is 4.21 Å². The molecule has 8 heteroatoms. The summed E-state index contributed by atoms with van der Waals surface area (Å²) in [5.41, 5.74) is 0.